The van der Waals surface area contributed by atoms with E-state index in [0.717, 1.165) is 50.6 Å². The highest BCUT2D eigenvalue weighted by molar-refractivity contribution is 7.88. The van der Waals surface area contributed by atoms with Gasteiger partial charge in [0.15, 0.2) is 23.0 Å². The van der Waals surface area contributed by atoms with E-state index in [1.54, 1.807) is 74.0 Å². The van der Waals surface area contributed by atoms with Crippen molar-refractivity contribution < 1.29 is 65.5 Å². The Hall–Kier alpha value is -5.87. The first-order chi connectivity index (χ1) is 41.8. The van der Waals surface area contributed by atoms with Gasteiger partial charge < -0.3 is 62.8 Å². The molecule has 88 heavy (non-hydrogen) atoms. The summed E-state index contributed by atoms with van der Waals surface area (Å²) in [5.41, 5.74) is 0.446. The topological polar surface area (TPSA) is 204 Å². The van der Waals surface area contributed by atoms with Gasteiger partial charge in [-0.1, -0.05) is 30.3 Å². The van der Waals surface area contributed by atoms with E-state index in [9.17, 15) is 27.6 Å². The second-order valence-electron chi connectivity index (χ2n) is 26.2. The van der Waals surface area contributed by atoms with E-state index in [1.807, 2.05) is 114 Å². The Balaban J connectivity index is 0.000000288. The van der Waals surface area contributed by atoms with Crippen LogP contribution in [0, 0.1) is 0 Å². The third-order valence-corrected chi connectivity index (χ3v) is 17.9. The van der Waals surface area contributed by atoms with Gasteiger partial charge in [0.2, 0.25) is 10.0 Å². The Kier molecular flexibility index (Phi) is 26.9. The zero-order valence-corrected chi connectivity index (χ0v) is 56.0. The van der Waals surface area contributed by atoms with Gasteiger partial charge in [-0.3, -0.25) is 9.59 Å². The second-order valence-corrected chi connectivity index (χ2v) is 28.1. The molecular weight excluding hydrogens is 1140 g/mol. The molecule has 0 radical (unpaired) electrons. The van der Waals surface area contributed by atoms with Crippen molar-refractivity contribution in [3.63, 3.8) is 0 Å². The highest BCUT2D eigenvalue weighted by Gasteiger charge is 2.43. The van der Waals surface area contributed by atoms with Gasteiger partial charge in [-0.15, -0.1) is 0 Å². The molecule has 2 aliphatic heterocycles. The van der Waals surface area contributed by atoms with E-state index in [4.69, 9.17) is 37.9 Å². The fourth-order valence-electron chi connectivity index (χ4n) is 11.5. The molecule has 2 saturated heterocycles. The van der Waals surface area contributed by atoms with Gasteiger partial charge >= 0.3 is 12.2 Å². The average molecular weight is 1250 g/mol. The van der Waals surface area contributed by atoms with Crippen molar-refractivity contribution in [2.45, 2.75) is 212 Å². The molecular formula is C67H104N6O14S. The van der Waals surface area contributed by atoms with E-state index in [1.165, 1.54) is 12.8 Å². The number of amides is 4. The van der Waals surface area contributed by atoms with Crippen molar-refractivity contribution >= 4 is 34.0 Å². The minimum Gasteiger partial charge on any atom is -0.493 e. The molecule has 4 atom stereocenters. The number of carbonyl (C=O) groups excluding carboxylic acids is 4. The molecule has 7 rings (SSSR count). The van der Waals surface area contributed by atoms with Gasteiger partial charge in [-0.05, 0) is 182 Å². The lowest BCUT2D eigenvalue weighted by Crippen LogP contribution is -2.58. The molecule has 2 aliphatic carbocycles. The molecule has 20 nitrogen and oxygen atoms in total. The number of benzene rings is 3. The van der Waals surface area contributed by atoms with Gasteiger partial charge in [0.1, 0.15) is 11.2 Å². The first-order valence-electron chi connectivity index (χ1n) is 31.8. The molecule has 2 saturated carbocycles. The first kappa shape index (κ1) is 71.2. The molecule has 0 unspecified atom stereocenters. The van der Waals surface area contributed by atoms with Crippen LogP contribution in [0.1, 0.15) is 173 Å². The van der Waals surface area contributed by atoms with Crippen LogP contribution in [0.3, 0.4) is 0 Å². The minimum absolute atomic E-state index is 0.00701. The van der Waals surface area contributed by atoms with Crippen LogP contribution in [0.2, 0.25) is 0 Å². The minimum atomic E-state index is -3.55. The van der Waals surface area contributed by atoms with Crippen LogP contribution >= 0.6 is 0 Å². The van der Waals surface area contributed by atoms with Gasteiger partial charge in [0, 0.05) is 107 Å². The maximum Gasteiger partial charge on any atom is 0.410 e. The zero-order valence-electron chi connectivity index (χ0n) is 55.2. The van der Waals surface area contributed by atoms with Crippen LogP contribution in [-0.4, -0.2) is 197 Å². The van der Waals surface area contributed by atoms with Crippen LogP contribution < -0.4 is 24.3 Å². The van der Waals surface area contributed by atoms with Crippen LogP contribution in [0.5, 0.6) is 23.0 Å². The van der Waals surface area contributed by atoms with Crippen molar-refractivity contribution in [2.75, 3.05) is 81.0 Å². The molecule has 21 heteroatoms. The number of likely N-dealkylation sites (tertiary alicyclic amines) is 2. The Morgan fingerprint density at radius 1 is 0.568 bits per heavy atom. The average Bonchev–Trinajstić information content (AvgIpc) is 1.78. The maximum atomic E-state index is 14.2. The lowest BCUT2D eigenvalue weighted by atomic mass is 9.94. The SMILES string of the molecule is COCCCOc1cc(C(=O)N(C(C)C)[C@@H]2CC[C@H](CCN(C3CC3)S(=O)(=O)Cc3ccccc3)N(C(=O)OC(C)(C)C)C2)ccc1OC.COCCCOc1cc(C(=O)N(C(C)C)[C@@H]2CC[C@H](CCNC3CC3)N(C(=O)OC(C)(C)C)C2)ccc1OC. The largest absolute Gasteiger partial charge is 0.493 e. The van der Waals surface area contributed by atoms with Crippen molar-refractivity contribution in [1.29, 1.82) is 0 Å². The molecule has 0 aromatic heterocycles. The summed E-state index contributed by atoms with van der Waals surface area (Å²) in [7, 11) is 2.89. The molecule has 3 aromatic rings. The normalized spacial score (nSPS) is 19.0. The monoisotopic (exact) mass is 1250 g/mol. The van der Waals surface area contributed by atoms with Gasteiger partial charge in [-0.2, -0.15) is 4.31 Å². The highest BCUT2D eigenvalue weighted by Crippen LogP contribution is 2.36. The van der Waals surface area contributed by atoms with Crippen LogP contribution in [0.15, 0.2) is 66.7 Å². The number of rotatable bonds is 29. The fourth-order valence-corrected chi connectivity index (χ4v) is 13.3. The molecule has 4 fully saturated rings. The maximum absolute atomic E-state index is 14.2. The summed E-state index contributed by atoms with van der Waals surface area (Å²) in [4.78, 5) is 62.4. The summed E-state index contributed by atoms with van der Waals surface area (Å²) in [6, 6.07) is 19.6. The molecule has 3 aromatic carbocycles. The van der Waals surface area contributed by atoms with E-state index in [-0.39, 0.29) is 72.5 Å². The van der Waals surface area contributed by atoms with Crippen LogP contribution in [0.4, 0.5) is 9.59 Å². The summed E-state index contributed by atoms with van der Waals surface area (Å²) >= 11 is 0. The standard InChI is InChI=1S/C37H55N3O8S.C30H49N3O6/c1-27(2)40(35(41)29-14-19-33(46-7)34(24-29)47-23-11-22-45-6)32-18-15-30(38(25-32)36(42)48-37(3,4)5)20-21-39(31-16-17-31)49(43,44)26-28-12-9-8-10-13-28;1-21(2)33(28(34)22-9-14-26(37-7)27(19-22)38-18-8-17-36-6)25-13-12-24(15-16-31-23-10-11-23)32(20-25)29(35)39-30(3,4)5/h8-10,12-14,19,24,27,30-32H,11,15-18,20-23,25-26H2,1-7H3;9,14,19,21,23-25,31H,8,10-13,15-18,20H2,1-7H3/t30-,32-;24-,25-/m11/s1. The number of methoxy groups -OCH3 is 4. The number of hydrogen-bond acceptors (Lipinski definition) is 15. The number of sulfonamides is 1. The number of ether oxygens (including phenoxy) is 8. The molecule has 4 amide bonds. The van der Waals surface area contributed by atoms with Gasteiger partial charge in [-0.25, -0.2) is 18.0 Å². The van der Waals surface area contributed by atoms with Gasteiger partial charge in [0.05, 0.1) is 45.3 Å². The molecule has 0 spiro atoms. The molecule has 4 aliphatic rings. The van der Waals surface area contributed by atoms with Crippen molar-refractivity contribution in [2.24, 2.45) is 0 Å². The zero-order chi connectivity index (χ0) is 64.3. The summed E-state index contributed by atoms with van der Waals surface area (Å²) in [6.45, 7) is 23.1. The Morgan fingerprint density at radius 2 is 1.01 bits per heavy atom. The Morgan fingerprint density at radius 3 is 1.41 bits per heavy atom. The van der Waals surface area contributed by atoms with E-state index >= 15 is 0 Å². The van der Waals surface area contributed by atoms with E-state index in [2.05, 4.69) is 5.32 Å². The van der Waals surface area contributed by atoms with Gasteiger partial charge in [0.25, 0.3) is 11.8 Å². The van der Waals surface area contributed by atoms with Crippen LogP contribution in [-0.2, 0) is 34.7 Å². The van der Waals surface area contributed by atoms with E-state index < -0.39 is 27.3 Å². The summed E-state index contributed by atoms with van der Waals surface area (Å²) in [6.07, 6.45) is 9.08. The quantitative estimate of drug-likeness (QED) is 0.0642. The lowest BCUT2D eigenvalue weighted by Gasteiger charge is -2.45. The third-order valence-electron chi connectivity index (χ3n) is 16.0. The summed E-state index contributed by atoms with van der Waals surface area (Å²) in [5.74, 6) is 1.82. The molecule has 0 bridgehead atoms. The number of piperidine rings is 2. The second kappa shape index (κ2) is 33.3. The Bertz CT molecular complexity index is 2800. The molecule has 1 N–H and O–H groups in total. The number of nitrogens with one attached hydrogen (secondary N) is 1. The molecule has 492 valence electrons. The number of nitrogens with zero attached hydrogens (tertiary/aromatic N) is 5. The number of hydrogen-bond donors (Lipinski definition) is 1. The first-order valence-corrected chi connectivity index (χ1v) is 33.4. The summed E-state index contributed by atoms with van der Waals surface area (Å²) in [5, 5.41) is 3.57. The smallest absolute Gasteiger partial charge is 0.410 e. The predicted molar refractivity (Wildman–Crippen MR) is 341 cm³/mol. The van der Waals surface area contributed by atoms with E-state index in [0.29, 0.717) is 105 Å². The Labute approximate surface area is 525 Å². The fraction of sp³-hybridized carbons (Fsp3) is 0.672. The third kappa shape index (κ3) is 21.7. The van der Waals surface area contributed by atoms with Crippen LogP contribution in [0.25, 0.3) is 0 Å². The van der Waals surface area contributed by atoms with Crippen molar-refractivity contribution in [1.82, 2.24) is 29.2 Å². The predicted octanol–water partition coefficient (Wildman–Crippen LogP) is 11.0. The van der Waals surface area contributed by atoms with Crippen molar-refractivity contribution in [3.05, 3.63) is 83.4 Å². The molecule has 2 heterocycles. The lowest BCUT2D eigenvalue weighted by molar-refractivity contribution is -0.00860. The summed E-state index contributed by atoms with van der Waals surface area (Å²) < 4.78 is 73.5. The number of carbonyl (C=O) groups is 4. The van der Waals surface area contributed by atoms with Crippen molar-refractivity contribution in [3.8, 4) is 23.0 Å². The highest BCUT2D eigenvalue weighted by atomic mass is 32.2.